The largest absolute Gasteiger partial charge is 0.310 e. The summed E-state index contributed by atoms with van der Waals surface area (Å²) in [6, 6.07) is 113. The normalized spacial score (nSPS) is 13.6. The third-order valence-electron chi connectivity index (χ3n) is 18.8. The predicted octanol–water partition coefficient (Wildman–Crippen LogP) is 21.1. The van der Waals surface area contributed by atoms with Crippen molar-refractivity contribution in [3.8, 4) is 89.0 Å². The molecule has 83 heavy (non-hydrogen) atoms. The Bertz CT molecular complexity index is 4470. The molecule has 0 saturated carbocycles. The van der Waals surface area contributed by atoms with E-state index in [0.717, 1.165) is 22.6 Å². The highest BCUT2D eigenvalue weighted by molar-refractivity contribution is 5.99. The van der Waals surface area contributed by atoms with Crippen molar-refractivity contribution in [3.05, 3.63) is 353 Å². The smallest absolute Gasteiger partial charge is 0.0726 e. The first kappa shape index (κ1) is 47.5. The van der Waals surface area contributed by atoms with Crippen LogP contribution < -0.4 is 4.90 Å². The maximum atomic E-state index is 2.53. The van der Waals surface area contributed by atoms with E-state index in [9.17, 15) is 0 Å². The van der Waals surface area contributed by atoms with Crippen molar-refractivity contribution < 1.29 is 0 Å². The molecule has 13 aromatic carbocycles. The van der Waals surface area contributed by atoms with Gasteiger partial charge in [0.1, 0.15) is 0 Å². The van der Waals surface area contributed by atoms with E-state index in [4.69, 9.17) is 0 Å². The zero-order chi connectivity index (χ0) is 55.0. The molecule has 4 aliphatic rings. The van der Waals surface area contributed by atoms with Gasteiger partial charge < -0.3 is 4.90 Å². The summed E-state index contributed by atoms with van der Waals surface area (Å²) in [7, 11) is 0. The predicted molar refractivity (Wildman–Crippen MR) is 345 cm³/mol. The third kappa shape index (κ3) is 6.83. The number of nitrogens with zero attached hydrogens (tertiary/aromatic N) is 1. The molecule has 0 amide bonds. The Morgan fingerprint density at radius 2 is 0.458 bits per heavy atom. The lowest BCUT2D eigenvalue weighted by Crippen LogP contribution is -2.26. The van der Waals surface area contributed by atoms with Crippen LogP contribution in [-0.2, 0) is 10.8 Å². The standard InChI is InChI=1S/C82H55N/c1-52-44-53(2)46-58(45-52)55-32-34-56(35-33-55)60-47-59(54-18-4-3-5-19-54)48-61(49-60)57-36-38-62(39-37-57)83(63-40-42-71-69-24-10-16-30-77(69)81(79(71)50-63)73-26-12-6-20-65(73)66-21-7-13-27-74(66)81)64-41-43-72-70-25-11-17-31-78(70)82(80(72)51-64)75-28-14-8-22-67(75)68-23-9-15-29-76(68)82/h3-51H,1-2H3. The lowest BCUT2D eigenvalue weighted by molar-refractivity contribution is 0.792. The van der Waals surface area contributed by atoms with Crippen molar-refractivity contribution in [2.45, 2.75) is 24.7 Å². The molecule has 0 aromatic heterocycles. The molecule has 0 saturated heterocycles. The summed E-state index contributed by atoms with van der Waals surface area (Å²) in [5.41, 5.74) is 35.4. The molecule has 13 aromatic rings. The van der Waals surface area contributed by atoms with Gasteiger partial charge in [-0.05, 0) is 202 Å². The molecular weight excluding hydrogens is 999 g/mol. The topological polar surface area (TPSA) is 3.24 Å². The first-order valence-corrected chi connectivity index (χ1v) is 29.1. The molecule has 0 N–H and O–H groups in total. The fourth-order valence-electron chi connectivity index (χ4n) is 15.4. The Balaban J connectivity index is 0.862. The minimum atomic E-state index is -0.493. The molecule has 0 aliphatic heterocycles. The summed E-state index contributed by atoms with van der Waals surface area (Å²) in [4.78, 5) is 2.53. The SMILES string of the molecule is Cc1cc(C)cc(-c2ccc(-c3cc(-c4ccccc4)cc(-c4ccc(N(c5ccc6c(c5)C5(c7ccccc7-c7ccccc75)c5ccccc5-6)c5ccc6c(c5)C5(c7ccccc7-c7ccccc75)c5ccccc5-6)cc4)c3)cc2)c1. The number of benzene rings is 13. The molecule has 0 heterocycles. The van der Waals surface area contributed by atoms with E-state index in [-0.39, 0.29) is 0 Å². The first-order chi connectivity index (χ1) is 40.9. The lowest BCUT2D eigenvalue weighted by Gasteiger charge is -2.33. The summed E-state index contributed by atoms with van der Waals surface area (Å²) >= 11 is 0. The van der Waals surface area contributed by atoms with Gasteiger partial charge in [-0.1, -0.05) is 254 Å². The average Bonchev–Trinajstić information content (AvgIpc) is 1.66. The molecule has 1 nitrogen and oxygen atoms in total. The fourth-order valence-corrected chi connectivity index (χ4v) is 15.4. The molecule has 2 spiro atoms. The Morgan fingerprint density at radius 1 is 0.193 bits per heavy atom. The van der Waals surface area contributed by atoms with Crippen LogP contribution in [0.1, 0.15) is 55.6 Å². The summed E-state index contributed by atoms with van der Waals surface area (Å²) < 4.78 is 0. The van der Waals surface area contributed by atoms with Crippen LogP contribution in [0, 0.1) is 13.8 Å². The monoisotopic (exact) mass is 1050 g/mol. The average molecular weight is 1050 g/mol. The van der Waals surface area contributed by atoms with Crippen LogP contribution in [0.25, 0.3) is 89.0 Å². The molecule has 0 radical (unpaired) electrons. The van der Waals surface area contributed by atoms with Gasteiger partial charge in [-0.2, -0.15) is 0 Å². The molecule has 0 bridgehead atoms. The van der Waals surface area contributed by atoms with Crippen molar-refractivity contribution in [2.24, 2.45) is 0 Å². The number of hydrogen-bond donors (Lipinski definition) is 0. The van der Waals surface area contributed by atoms with E-state index in [0.29, 0.717) is 0 Å². The Hall–Kier alpha value is -10.3. The molecular formula is C82H55N. The highest BCUT2D eigenvalue weighted by atomic mass is 15.1. The minimum Gasteiger partial charge on any atom is -0.310 e. The van der Waals surface area contributed by atoms with Crippen LogP contribution in [0.2, 0.25) is 0 Å². The van der Waals surface area contributed by atoms with Gasteiger partial charge in [0.05, 0.1) is 10.8 Å². The second-order valence-electron chi connectivity index (χ2n) is 23.2. The van der Waals surface area contributed by atoms with Crippen molar-refractivity contribution in [1.82, 2.24) is 0 Å². The van der Waals surface area contributed by atoms with Crippen molar-refractivity contribution in [1.29, 1.82) is 0 Å². The summed E-state index contributed by atoms with van der Waals surface area (Å²) in [5.74, 6) is 0. The van der Waals surface area contributed by atoms with Crippen molar-refractivity contribution in [2.75, 3.05) is 4.90 Å². The quantitative estimate of drug-likeness (QED) is 0.154. The highest BCUT2D eigenvalue weighted by Gasteiger charge is 2.53. The summed E-state index contributed by atoms with van der Waals surface area (Å²) in [6.45, 7) is 4.36. The molecule has 0 fully saturated rings. The Kier molecular flexibility index (Phi) is 10.3. The van der Waals surface area contributed by atoms with Gasteiger partial charge in [0.25, 0.3) is 0 Å². The van der Waals surface area contributed by atoms with Crippen LogP contribution in [0.15, 0.2) is 297 Å². The number of hydrogen-bond acceptors (Lipinski definition) is 1. The second-order valence-corrected chi connectivity index (χ2v) is 23.2. The van der Waals surface area contributed by atoms with E-state index in [1.54, 1.807) is 0 Å². The van der Waals surface area contributed by atoms with Crippen molar-refractivity contribution in [3.63, 3.8) is 0 Å². The van der Waals surface area contributed by atoms with Crippen LogP contribution in [0.3, 0.4) is 0 Å². The highest BCUT2D eigenvalue weighted by Crippen LogP contribution is 2.65. The van der Waals surface area contributed by atoms with Gasteiger partial charge in [-0.15, -0.1) is 0 Å². The fraction of sp³-hybridized carbons (Fsp3) is 0.0488. The number of aryl methyl sites for hydroxylation is 2. The van der Waals surface area contributed by atoms with Gasteiger partial charge in [0.2, 0.25) is 0 Å². The van der Waals surface area contributed by atoms with Crippen LogP contribution >= 0.6 is 0 Å². The Labute approximate surface area is 485 Å². The third-order valence-corrected chi connectivity index (χ3v) is 18.8. The van der Waals surface area contributed by atoms with Gasteiger partial charge in [-0.25, -0.2) is 0 Å². The van der Waals surface area contributed by atoms with Crippen LogP contribution in [-0.4, -0.2) is 0 Å². The van der Waals surface area contributed by atoms with Gasteiger partial charge >= 0.3 is 0 Å². The molecule has 17 rings (SSSR count). The van der Waals surface area contributed by atoms with E-state index < -0.39 is 10.8 Å². The zero-order valence-electron chi connectivity index (χ0n) is 46.2. The van der Waals surface area contributed by atoms with E-state index in [1.165, 1.54) is 139 Å². The number of rotatable bonds is 7. The molecule has 388 valence electrons. The van der Waals surface area contributed by atoms with E-state index in [2.05, 4.69) is 316 Å². The number of anilines is 3. The van der Waals surface area contributed by atoms with Gasteiger partial charge in [0.15, 0.2) is 0 Å². The van der Waals surface area contributed by atoms with Gasteiger partial charge in [-0.3, -0.25) is 0 Å². The van der Waals surface area contributed by atoms with Crippen LogP contribution in [0.5, 0.6) is 0 Å². The maximum absolute atomic E-state index is 2.53. The van der Waals surface area contributed by atoms with Gasteiger partial charge in [0, 0.05) is 17.1 Å². The second kappa shape index (κ2) is 18.1. The minimum absolute atomic E-state index is 0.493. The lowest BCUT2D eigenvalue weighted by atomic mass is 9.70. The van der Waals surface area contributed by atoms with Crippen molar-refractivity contribution >= 4 is 17.1 Å². The summed E-state index contributed by atoms with van der Waals surface area (Å²) in [6.07, 6.45) is 0. The maximum Gasteiger partial charge on any atom is 0.0726 e. The molecule has 1 heteroatoms. The van der Waals surface area contributed by atoms with Crippen LogP contribution in [0.4, 0.5) is 17.1 Å². The molecule has 4 aliphatic carbocycles. The molecule has 0 unspecified atom stereocenters. The van der Waals surface area contributed by atoms with E-state index >= 15 is 0 Å². The first-order valence-electron chi connectivity index (χ1n) is 29.1. The zero-order valence-corrected chi connectivity index (χ0v) is 46.2. The molecule has 0 atom stereocenters. The number of fused-ring (bicyclic) bond motifs is 20. The summed E-state index contributed by atoms with van der Waals surface area (Å²) in [5, 5.41) is 0. The Morgan fingerprint density at radius 3 is 0.807 bits per heavy atom. The van der Waals surface area contributed by atoms with E-state index in [1.807, 2.05) is 0 Å².